The van der Waals surface area contributed by atoms with Gasteiger partial charge in [-0.15, -0.1) is 0 Å². The van der Waals surface area contributed by atoms with Crippen molar-refractivity contribution in [2.45, 2.75) is 19.3 Å². The highest BCUT2D eigenvalue weighted by atomic mass is 16.2. The molecule has 0 unspecified atom stereocenters. The predicted octanol–water partition coefficient (Wildman–Crippen LogP) is 3.70. The molecule has 1 atom stereocenters. The Labute approximate surface area is 188 Å². The molecule has 1 aliphatic heterocycles. The van der Waals surface area contributed by atoms with Crippen LogP contribution in [0, 0.1) is 5.41 Å². The number of carbonyl (C=O) groups excluding carboxylic acids is 2. The summed E-state index contributed by atoms with van der Waals surface area (Å²) < 4.78 is 0. The van der Waals surface area contributed by atoms with Crippen molar-refractivity contribution >= 4 is 11.8 Å². The van der Waals surface area contributed by atoms with Crippen LogP contribution in [0.15, 0.2) is 73.2 Å². The van der Waals surface area contributed by atoms with Crippen molar-refractivity contribution in [2.24, 2.45) is 5.41 Å². The van der Waals surface area contributed by atoms with Gasteiger partial charge in [0.1, 0.15) is 5.69 Å². The van der Waals surface area contributed by atoms with Crippen LogP contribution in [0.4, 0.5) is 0 Å². The maximum atomic E-state index is 13.4. The molecule has 164 valence electrons. The number of benzene rings is 1. The molecule has 0 saturated carbocycles. The minimum atomic E-state index is -0.664. The van der Waals surface area contributed by atoms with Crippen LogP contribution in [0.3, 0.4) is 0 Å². The summed E-state index contributed by atoms with van der Waals surface area (Å²) in [6, 6.07) is 17.6. The summed E-state index contributed by atoms with van der Waals surface area (Å²) in [7, 11) is 3.58. The fourth-order valence-electron chi connectivity index (χ4n) is 4.62. The van der Waals surface area contributed by atoms with E-state index in [1.54, 1.807) is 54.6 Å². The maximum Gasteiger partial charge on any atom is 0.272 e. The zero-order valence-corrected chi connectivity index (χ0v) is 18.6. The maximum absolute atomic E-state index is 13.4. The molecule has 1 saturated heterocycles. The molecule has 3 aromatic rings. The highest BCUT2D eigenvalue weighted by Crippen LogP contribution is 2.36. The van der Waals surface area contributed by atoms with Gasteiger partial charge in [-0.25, -0.2) is 0 Å². The lowest BCUT2D eigenvalue weighted by Crippen LogP contribution is -2.54. The van der Waals surface area contributed by atoms with E-state index in [2.05, 4.69) is 28.2 Å². The molecule has 1 fully saturated rings. The standard InChI is InChI=1S/C26H28N4O2/c1-29(2)25(32)26(12-6-16-30(19-26)24(31)23-9-3-4-13-28-23)18-20-7-5-8-22(17-20)21-10-14-27-15-11-21/h3-5,7-11,13-15,17H,6,12,16,18-19H2,1-2H3/t26-/m1/s1. The number of hydrogen-bond donors (Lipinski definition) is 0. The average molecular weight is 429 g/mol. The minimum Gasteiger partial charge on any atom is -0.348 e. The van der Waals surface area contributed by atoms with Crippen LogP contribution < -0.4 is 0 Å². The summed E-state index contributed by atoms with van der Waals surface area (Å²) in [6.07, 6.45) is 7.29. The Balaban J connectivity index is 1.64. The second-order valence-electron chi connectivity index (χ2n) is 8.64. The van der Waals surface area contributed by atoms with Crippen molar-refractivity contribution in [3.05, 3.63) is 84.4 Å². The lowest BCUT2D eigenvalue weighted by Gasteiger charge is -2.43. The number of hydrogen-bond acceptors (Lipinski definition) is 4. The molecule has 0 spiro atoms. The number of piperidine rings is 1. The first-order chi connectivity index (χ1) is 15.5. The monoisotopic (exact) mass is 428 g/mol. The van der Waals surface area contributed by atoms with Gasteiger partial charge in [0.05, 0.1) is 5.41 Å². The van der Waals surface area contributed by atoms with E-state index in [4.69, 9.17) is 0 Å². The van der Waals surface area contributed by atoms with E-state index < -0.39 is 5.41 Å². The molecule has 2 amide bonds. The van der Waals surface area contributed by atoms with Gasteiger partial charge in [-0.1, -0.05) is 30.3 Å². The molecule has 32 heavy (non-hydrogen) atoms. The number of amides is 2. The highest BCUT2D eigenvalue weighted by molar-refractivity contribution is 5.93. The van der Waals surface area contributed by atoms with Gasteiger partial charge < -0.3 is 9.80 Å². The molecular weight excluding hydrogens is 400 g/mol. The Morgan fingerprint density at radius 1 is 1.00 bits per heavy atom. The normalized spacial score (nSPS) is 18.2. The third-order valence-corrected chi connectivity index (χ3v) is 6.09. The van der Waals surface area contributed by atoms with E-state index in [0.717, 1.165) is 29.5 Å². The summed E-state index contributed by atoms with van der Waals surface area (Å²) >= 11 is 0. The van der Waals surface area contributed by atoms with Crippen LogP contribution in [0.2, 0.25) is 0 Å². The summed E-state index contributed by atoms with van der Waals surface area (Å²) in [5, 5.41) is 0. The third kappa shape index (κ3) is 4.54. The quantitative estimate of drug-likeness (QED) is 0.622. The number of pyridine rings is 2. The Bertz CT molecular complexity index is 1090. The molecule has 2 aromatic heterocycles. The number of likely N-dealkylation sites (tertiary alicyclic amines) is 1. The third-order valence-electron chi connectivity index (χ3n) is 6.09. The lowest BCUT2D eigenvalue weighted by molar-refractivity contribution is -0.142. The second-order valence-corrected chi connectivity index (χ2v) is 8.64. The molecule has 6 heteroatoms. The van der Waals surface area contributed by atoms with Gasteiger partial charge in [0, 0.05) is 45.8 Å². The van der Waals surface area contributed by atoms with Crippen molar-refractivity contribution < 1.29 is 9.59 Å². The van der Waals surface area contributed by atoms with Crippen molar-refractivity contribution in [1.29, 1.82) is 0 Å². The number of carbonyl (C=O) groups is 2. The molecule has 6 nitrogen and oxygen atoms in total. The molecular formula is C26H28N4O2. The molecule has 0 N–H and O–H groups in total. The Morgan fingerprint density at radius 2 is 1.81 bits per heavy atom. The summed E-state index contributed by atoms with van der Waals surface area (Å²) in [6.45, 7) is 1.02. The first-order valence-corrected chi connectivity index (χ1v) is 10.9. The average Bonchev–Trinajstić information content (AvgIpc) is 2.84. The summed E-state index contributed by atoms with van der Waals surface area (Å²) in [5.74, 6) is -0.0582. The van der Waals surface area contributed by atoms with Gasteiger partial charge in [0.15, 0.2) is 0 Å². The fraction of sp³-hybridized carbons (Fsp3) is 0.308. The van der Waals surface area contributed by atoms with Crippen molar-refractivity contribution in [3.63, 3.8) is 0 Å². The largest absolute Gasteiger partial charge is 0.348 e. The van der Waals surface area contributed by atoms with Crippen LogP contribution in [0.25, 0.3) is 11.1 Å². The zero-order valence-electron chi connectivity index (χ0n) is 18.6. The number of rotatable bonds is 5. The highest BCUT2D eigenvalue weighted by Gasteiger charge is 2.44. The van der Waals surface area contributed by atoms with E-state index in [1.165, 1.54) is 0 Å². The van der Waals surface area contributed by atoms with Crippen LogP contribution in [0.5, 0.6) is 0 Å². The van der Waals surface area contributed by atoms with E-state index >= 15 is 0 Å². The molecule has 0 aliphatic carbocycles. The van der Waals surface area contributed by atoms with Gasteiger partial charge in [-0.3, -0.25) is 19.6 Å². The lowest BCUT2D eigenvalue weighted by atomic mass is 9.73. The van der Waals surface area contributed by atoms with Crippen LogP contribution >= 0.6 is 0 Å². The van der Waals surface area contributed by atoms with Crippen molar-refractivity contribution in [2.75, 3.05) is 27.2 Å². The predicted molar refractivity (Wildman–Crippen MR) is 124 cm³/mol. The van der Waals surface area contributed by atoms with E-state index in [9.17, 15) is 9.59 Å². The van der Waals surface area contributed by atoms with Gasteiger partial charge in [0.25, 0.3) is 5.91 Å². The molecule has 1 aliphatic rings. The zero-order chi connectivity index (χ0) is 22.6. The number of aromatic nitrogens is 2. The Hall–Kier alpha value is -3.54. The fourth-order valence-corrected chi connectivity index (χ4v) is 4.62. The van der Waals surface area contributed by atoms with Gasteiger partial charge in [-0.2, -0.15) is 0 Å². The molecule has 3 heterocycles. The van der Waals surface area contributed by atoms with Gasteiger partial charge >= 0.3 is 0 Å². The minimum absolute atomic E-state index is 0.0605. The summed E-state index contributed by atoms with van der Waals surface area (Å²) in [5.41, 5.74) is 3.02. The SMILES string of the molecule is CN(C)C(=O)[C@@]1(Cc2cccc(-c3ccncc3)c2)CCCN(C(=O)c2ccccn2)C1. The van der Waals surface area contributed by atoms with Gasteiger partial charge in [-0.05, 0) is 60.2 Å². The van der Waals surface area contributed by atoms with Crippen LogP contribution in [-0.4, -0.2) is 58.8 Å². The van der Waals surface area contributed by atoms with Crippen molar-refractivity contribution in [1.82, 2.24) is 19.8 Å². The first kappa shape index (κ1) is 21.7. The summed E-state index contributed by atoms with van der Waals surface area (Å²) in [4.78, 5) is 38.3. The van der Waals surface area contributed by atoms with E-state index in [-0.39, 0.29) is 11.8 Å². The van der Waals surface area contributed by atoms with Crippen molar-refractivity contribution in [3.8, 4) is 11.1 Å². The molecule has 4 rings (SSSR count). The smallest absolute Gasteiger partial charge is 0.272 e. The Kier molecular flexibility index (Phi) is 6.30. The van der Waals surface area contributed by atoms with Crippen LogP contribution in [0.1, 0.15) is 28.9 Å². The second kappa shape index (κ2) is 9.30. The molecule has 0 bridgehead atoms. The molecule has 1 aromatic carbocycles. The Morgan fingerprint density at radius 3 is 2.53 bits per heavy atom. The topological polar surface area (TPSA) is 66.4 Å². The van der Waals surface area contributed by atoms with E-state index in [1.807, 2.05) is 24.3 Å². The number of nitrogens with zero attached hydrogens (tertiary/aromatic N) is 4. The van der Waals surface area contributed by atoms with Crippen LogP contribution in [-0.2, 0) is 11.2 Å². The molecule has 0 radical (unpaired) electrons. The first-order valence-electron chi connectivity index (χ1n) is 10.9. The van der Waals surface area contributed by atoms with Gasteiger partial charge in [0.2, 0.25) is 5.91 Å². The van der Waals surface area contributed by atoms with E-state index in [0.29, 0.717) is 25.2 Å².